The van der Waals surface area contributed by atoms with Gasteiger partial charge in [0.2, 0.25) is 10.4 Å². The van der Waals surface area contributed by atoms with Crippen LogP contribution in [0.3, 0.4) is 0 Å². The number of aromatic amines is 2. The topological polar surface area (TPSA) is 68.6 Å². The molecule has 5 nitrogen and oxygen atoms in total. The highest BCUT2D eigenvalue weighted by Gasteiger charge is 1.73. The third-order valence-corrected chi connectivity index (χ3v) is 0.239. The lowest BCUT2D eigenvalue weighted by atomic mass is 12.7. The number of H-pyrrole nitrogens is 2. The molecule has 2 N–H and O–H groups in total. The van der Waals surface area contributed by atoms with Gasteiger partial charge in [-0.1, -0.05) is 10.4 Å². The smallest absolute Gasteiger partial charge is 0.0816 e. The second kappa shape index (κ2) is 0.750. The van der Waals surface area contributed by atoms with Crippen LogP contribution in [0.15, 0.2) is 0 Å². The van der Waals surface area contributed by atoms with Gasteiger partial charge in [0.25, 0.3) is 0 Å². The van der Waals surface area contributed by atoms with Crippen LogP contribution in [0.5, 0.6) is 0 Å². The zero-order chi connectivity index (χ0) is 3.54. The second-order valence-corrected chi connectivity index (χ2v) is 0.513. The molecule has 5 heteroatoms. The largest absolute Gasteiger partial charge is 0.231 e. The fourth-order valence-corrected chi connectivity index (χ4v) is 0.112. The van der Waals surface area contributed by atoms with Gasteiger partial charge in [-0.15, -0.1) is 0 Å². The molecule has 0 unspecified atom stereocenters. The van der Waals surface area contributed by atoms with Crippen LogP contribution >= 0.6 is 0 Å². The van der Waals surface area contributed by atoms with Crippen molar-refractivity contribution in [2.24, 2.45) is 0 Å². The first-order valence-electron chi connectivity index (χ1n) is 1.10. The summed E-state index contributed by atoms with van der Waals surface area (Å²) in [6.07, 6.45) is 0. The molecule has 26 valence electrons. The van der Waals surface area contributed by atoms with E-state index in [1.54, 1.807) is 0 Å². The van der Waals surface area contributed by atoms with Crippen LogP contribution in [-0.4, -0.2) is 20.9 Å². The van der Waals surface area contributed by atoms with Gasteiger partial charge in [-0.25, -0.2) is 0 Å². The molecule has 0 aromatic carbocycles. The Morgan fingerprint density at radius 1 is 1.60 bits per heavy atom. The van der Waals surface area contributed by atoms with Crippen LogP contribution < -0.4 is 5.21 Å². The van der Waals surface area contributed by atoms with Gasteiger partial charge >= 0.3 is 0 Å². The maximum Gasteiger partial charge on any atom is 0.231 e. The van der Waals surface area contributed by atoms with E-state index in [9.17, 15) is 0 Å². The maximum atomic E-state index is 3.18. The minimum absolute atomic E-state index is 2.26. The first kappa shape index (κ1) is 2.25. The summed E-state index contributed by atoms with van der Waals surface area (Å²) in [6.45, 7) is 0. The Morgan fingerprint density at radius 2 is 2.60 bits per heavy atom. The molecule has 0 aliphatic heterocycles. The fourth-order valence-electron chi connectivity index (χ4n) is 0.112. The predicted octanol–water partition coefficient (Wildman–Crippen LogP) is -1.99. The number of rotatable bonds is 0. The zero-order valence-corrected chi connectivity index (χ0v) is 2.34. The Labute approximate surface area is 27.4 Å². The van der Waals surface area contributed by atoms with Crippen molar-refractivity contribution < 1.29 is 5.21 Å². The monoisotopic (exact) mass is 72.0 g/mol. The summed E-state index contributed by atoms with van der Waals surface area (Å²) in [5.41, 5.74) is 0. The van der Waals surface area contributed by atoms with Gasteiger partial charge < -0.3 is 0 Å². The van der Waals surface area contributed by atoms with Gasteiger partial charge in [-0.3, -0.25) is 0 Å². The highest BCUT2D eigenvalue weighted by molar-refractivity contribution is 3.64. The average Bonchev–Trinajstić information content (AvgIpc) is 1.76. The standard InChI is InChI=1S/HN5/c1-2-4-5-3-1/h(H,1,2,3,4,5)/p+1. The molecule has 0 radical (unpaired) electrons. The van der Waals surface area contributed by atoms with E-state index in [0.717, 1.165) is 0 Å². The highest BCUT2D eigenvalue weighted by atomic mass is 15.6. The summed E-state index contributed by atoms with van der Waals surface area (Å²) in [4.78, 5) is 0. The Kier molecular flexibility index (Phi) is 0.338. The van der Waals surface area contributed by atoms with E-state index >= 15 is 0 Å². The number of aromatic nitrogens is 5. The molecule has 5 heavy (non-hydrogen) atoms. The Hall–Kier alpha value is -1.00. The van der Waals surface area contributed by atoms with Gasteiger partial charge in [-0.2, -0.15) is 0 Å². The highest BCUT2D eigenvalue weighted by Crippen LogP contribution is 1.20. The predicted molar refractivity (Wildman–Crippen MR) is 10.7 cm³/mol. The van der Waals surface area contributed by atoms with Gasteiger partial charge in [-0.05, 0) is 0 Å². The fraction of sp³-hybridized carbons (Fsp3) is 0. The lowest BCUT2D eigenvalue weighted by Gasteiger charge is -1.33. The van der Waals surface area contributed by atoms with E-state index < -0.39 is 0 Å². The van der Waals surface area contributed by atoms with Gasteiger partial charge in [0.15, 0.2) is 0 Å². The van der Waals surface area contributed by atoms with Gasteiger partial charge in [0, 0.05) is 0 Å². The second-order valence-electron chi connectivity index (χ2n) is 0.513. The van der Waals surface area contributed by atoms with Gasteiger partial charge in [0.1, 0.15) is 5.21 Å². The van der Waals surface area contributed by atoms with Crippen molar-refractivity contribution in [3.63, 3.8) is 0 Å². The molecule has 1 aromatic heterocycles. The van der Waals surface area contributed by atoms with Crippen molar-refractivity contribution in [1.29, 1.82) is 0 Å². The van der Waals surface area contributed by atoms with Crippen molar-refractivity contribution >= 4 is 0 Å². The molecule has 0 aliphatic rings. The third kappa shape index (κ3) is 0.188. The van der Waals surface area contributed by atoms with Crippen LogP contribution in [-0.2, 0) is 0 Å². The SMILES string of the molecule is n1n[nH][nH+]n1. The van der Waals surface area contributed by atoms with Gasteiger partial charge in [0.05, 0.1) is 0 Å². The van der Waals surface area contributed by atoms with Crippen LogP contribution in [0.25, 0.3) is 0 Å². The lowest BCUT2D eigenvalue weighted by Crippen LogP contribution is -2.04. The molecule has 0 bridgehead atoms. The third-order valence-electron chi connectivity index (χ3n) is 0.239. The molecular weight excluding hydrogens is 70.0 g/mol. The molecule has 1 heterocycles. The van der Waals surface area contributed by atoms with Crippen LogP contribution in [0.4, 0.5) is 0 Å². The summed E-state index contributed by atoms with van der Waals surface area (Å²) in [5, 5.41) is 14.0. The molecule has 0 atom stereocenters. The van der Waals surface area contributed by atoms with E-state index in [1.807, 2.05) is 0 Å². The lowest BCUT2D eigenvalue weighted by molar-refractivity contribution is -0.525. The van der Waals surface area contributed by atoms with E-state index in [-0.39, 0.29) is 0 Å². The average molecular weight is 72.1 g/mol. The number of hydrogen-bond donors (Lipinski definition) is 1. The van der Waals surface area contributed by atoms with Crippen LogP contribution in [0.2, 0.25) is 0 Å². The van der Waals surface area contributed by atoms with E-state index in [2.05, 4.69) is 26.1 Å². The van der Waals surface area contributed by atoms with Crippen molar-refractivity contribution in [3.8, 4) is 0 Å². The summed E-state index contributed by atoms with van der Waals surface area (Å²) < 4.78 is 0. The molecule has 1 rings (SSSR count). The van der Waals surface area contributed by atoms with Crippen LogP contribution in [0.1, 0.15) is 0 Å². The van der Waals surface area contributed by atoms with Crippen molar-refractivity contribution in [1.82, 2.24) is 20.9 Å². The molecule has 0 fully saturated rings. The minimum atomic E-state index is 2.26. The molecule has 0 aliphatic carbocycles. The number of nitrogens with one attached hydrogen (secondary N) is 2. The van der Waals surface area contributed by atoms with E-state index in [0.29, 0.717) is 0 Å². The minimum Gasteiger partial charge on any atom is -0.0816 e. The molecule has 0 amide bonds. The summed E-state index contributed by atoms with van der Waals surface area (Å²) in [5.74, 6) is 0. The van der Waals surface area contributed by atoms with Crippen LogP contribution in [0, 0.1) is 0 Å². The first-order valence-corrected chi connectivity index (χ1v) is 1.10. The Morgan fingerprint density at radius 3 is 2.80 bits per heavy atom. The van der Waals surface area contributed by atoms with Crippen molar-refractivity contribution in [2.75, 3.05) is 0 Å². The normalized spacial score (nSPS) is 8.00. The molecule has 0 saturated heterocycles. The molecule has 1 aromatic rings. The quantitative estimate of drug-likeness (QED) is 0.386. The Bertz CT molecular complexity index is 56.5. The molecule has 0 saturated carbocycles. The van der Waals surface area contributed by atoms with Crippen molar-refractivity contribution in [2.45, 2.75) is 0 Å². The molecule has 0 spiro atoms. The first-order chi connectivity index (χ1) is 2.50. The zero-order valence-electron chi connectivity index (χ0n) is 2.34. The summed E-state index contributed by atoms with van der Waals surface area (Å²) >= 11 is 0. The molecular formula is H2N5+. The number of hydrogen-bond acceptors (Lipinski definition) is 3. The van der Waals surface area contributed by atoms with E-state index in [4.69, 9.17) is 0 Å². The summed E-state index contributed by atoms with van der Waals surface area (Å²) in [7, 11) is 0. The van der Waals surface area contributed by atoms with E-state index in [1.165, 1.54) is 0 Å². The van der Waals surface area contributed by atoms with Crippen molar-refractivity contribution in [3.05, 3.63) is 0 Å². The Balaban J connectivity index is 3.13. The number of nitrogens with zero attached hydrogens (tertiary/aromatic N) is 3. The maximum absolute atomic E-state index is 3.18. The summed E-state index contributed by atoms with van der Waals surface area (Å²) in [6, 6.07) is 0.